The Morgan fingerprint density at radius 3 is 2.58 bits per heavy atom. The molecule has 3 aromatic rings. The van der Waals surface area contributed by atoms with Gasteiger partial charge in [-0.2, -0.15) is 0 Å². The number of ketones is 1. The molecule has 0 saturated carbocycles. The lowest BCUT2D eigenvalue weighted by molar-refractivity contribution is -0.159. The Morgan fingerprint density at radius 1 is 1.19 bits per heavy atom. The molecule has 0 amide bonds. The van der Waals surface area contributed by atoms with Crippen LogP contribution in [0.5, 0.6) is 5.75 Å². The number of carbonyl (C=O) groups is 1. The van der Waals surface area contributed by atoms with Gasteiger partial charge in [0.15, 0.2) is 5.84 Å². The topological polar surface area (TPSA) is 69.0 Å². The quantitative estimate of drug-likeness (QED) is 0.464. The molecule has 5 rings (SSSR count). The number of Topliss-reactive ketones (excluding diaryl/α,β-unsaturated/α-hetero) is 1. The second kappa shape index (κ2) is 10.4. The van der Waals surface area contributed by atoms with Crippen LogP contribution in [0.15, 0.2) is 65.7 Å². The highest BCUT2D eigenvalue weighted by molar-refractivity contribution is 6.06. The first-order valence-electron chi connectivity index (χ1n) is 12.1. The van der Waals surface area contributed by atoms with Crippen LogP contribution >= 0.6 is 0 Å². The molecule has 2 aliphatic heterocycles. The third-order valence-corrected chi connectivity index (χ3v) is 6.26. The van der Waals surface area contributed by atoms with Gasteiger partial charge < -0.3 is 19.0 Å². The number of rotatable bonds is 5. The van der Waals surface area contributed by atoms with E-state index in [0.29, 0.717) is 23.7 Å². The van der Waals surface area contributed by atoms with Crippen molar-refractivity contribution in [1.29, 1.82) is 0 Å². The Morgan fingerprint density at radius 2 is 1.94 bits per heavy atom. The van der Waals surface area contributed by atoms with Gasteiger partial charge in [0.2, 0.25) is 5.78 Å². The van der Waals surface area contributed by atoms with E-state index in [1.54, 1.807) is 25.6 Å². The van der Waals surface area contributed by atoms with Gasteiger partial charge in [-0.3, -0.25) is 4.79 Å². The van der Waals surface area contributed by atoms with Crippen LogP contribution in [0.4, 0.5) is 4.39 Å². The van der Waals surface area contributed by atoms with Gasteiger partial charge in [-0.25, -0.2) is 9.37 Å². The molecule has 0 N–H and O–H groups in total. The molecule has 2 aliphatic rings. The van der Waals surface area contributed by atoms with Crippen molar-refractivity contribution in [3.05, 3.63) is 83.2 Å². The Balaban J connectivity index is 0.00000148. The number of nitrogens with zero attached hydrogens (tertiary/aromatic N) is 4. The number of benzene rings is 2. The van der Waals surface area contributed by atoms with Crippen molar-refractivity contribution in [1.82, 2.24) is 14.5 Å². The third kappa shape index (κ3) is 4.39. The van der Waals surface area contributed by atoms with E-state index >= 15 is 0 Å². The summed E-state index contributed by atoms with van der Waals surface area (Å²) in [5.41, 5.74) is 2.89. The predicted octanol–water partition coefficient (Wildman–Crippen LogP) is 5.62. The van der Waals surface area contributed by atoms with Crippen molar-refractivity contribution >= 4 is 17.7 Å². The number of piperidine rings is 1. The molecule has 36 heavy (non-hydrogen) atoms. The molecule has 0 bridgehead atoms. The van der Waals surface area contributed by atoms with Crippen molar-refractivity contribution in [2.75, 3.05) is 13.7 Å². The number of halogens is 1. The maximum atomic E-state index is 13.5. The smallest absolute Gasteiger partial charge is 0.295 e. The van der Waals surface area contributed by atoms with Gasteiger partial charge in [-0.15, -0.1) is 0 Å². The maximum Gasteiger partial charge on any atom is 0.295 e. The lowest BCUT2D eigenvalue weighted by Crippen LogP contribution is -2.53. The van der Waals surface area contributed by atoms with E-state index in [4.69, 9.17) is 9.57 Å². The minimum atomic E-state index is -1.39. The summed E-state index contributed by atoms with van der Waals surface area (Å²) in [7, 11) is 1.64. The van der Waals surface area contributed by atoms with Crippen LogP contribution in [0.3, 0.4) is 0 Å². The molecule has 1 atom stereocenters. The summed E-state index contributed by atoms with van der Waals surface area (Å²) in [6, 6.07) is 11.8. The Bertz CT molecular complexity index is 1310. The van der Waals surface area contributed by atoms with E-state index in [-0.39, 0.29) is 11.6 Å². The number of fused-ring (bicyclic) bond motifs is 1. The van der Waals surface area contributed by atoms with Gasteiger partial charge in [-0.1, -0.05) is 25.1 Å². The first-order chi connectivity index (χ1) is 17.4. The summed E-state index contributed by atoms with van der Waals surface area (Å²) < 4.78 is 21.1. The fourth-order valence-corrected chi connectivity index (χ4v) is 4.62. The second-order valence-corrected chi connectivity index (χ2v) is 8.49. The highest BCUT2D eigenvalue weighted by atomic mass is 19.1. The largest absolute Gasteiger partial charge is 0.495 e. The minimum Gasteiger partial charge on any atom is -0.495 e. The van der Waals surface area contributed by atoms with Crippen LogP contribution in [-0.2, 0) is 15.4 Å². The SMILES string of the molecule is CC.COc1cc(/C=C2\CCCN3C2=NOC3(C(C)=O)c2ccc(F)cc2)ccc1-n1cnc(C)c1. The van der Waals surface area contributed by atoms with Crippen LogP contribution in [0, 0.1) is 12.7 Å². The molecule has 0 spiro atoms. The van der Waals surface area contributed by atoms with E-state index in [0.717, 1.165) is 35.4 Å². The highest BCUT2D eigenvalue weighted by Crippen LogP contribution is 2.41. The number of amidine groups is 1. The van der Waals surface area contributed by atoms with Crippen LogP contribution in [0.2, 0.25) is 0 Å². The fourth-order valence-electron chi connectivity index (χ4n) is 4.62. The Labute approximate surface area is 210 Å². The monoisotopic (exact) mass is 490 g/mol. The molecule has 8 heteroatoms. The van der Waals surface area contributed by atoms with E-state index in [9.17, 15) is 9.18 Å². The van der Waals surface area contributed by atoms with Crippen LogP contribution < -0.4 is 4.74 Å². The zero-order valence-electron chi connectivity index (χ0n) is 21.3. The molecule has 7 nitrogen and oxygen atoms in total. The Kier molecular flexibility index (Phi) is 7.24. The van der Waals surface area contributed by atoms with E-state index < -0.39 is 5.72 Å². The molecule has 0 aliphatic carbocycles. The zero-order chi connectivity index (χ0) is 25.9. The number of oxime groups is 1. The first-order valence-corrected chi connectivity index (χ1v) is 12.1. The number of aromatic nitrogens is 2. The lowest BCUT2D eigenvalue weighted by Gasteiger charge is -2.38. The van der Waals surface area contributed by atoms with Gasteiger partial charge in [0.05, 0.1) is 24.8 Å². The average molecular weight is 491 g/mol. The van der Waals surface area contributed by atoms with Crippen molar-refractivity contribution in [3.8, 4) is 11.4 Å². The van der Waals surface area contributed by atoms with Crippen molar-refractivity contribution in [3.63, 3.8) is 0 Å². The maximum absolute atomic E-state index is 13.5. The summed E-state index contributed by atoms with van der Waals surface area (Å²) in [6.45, 7) is 8.02. The average Bonchev–Trinajstić information content (AvgIpc) is 3.51. The predicted molar refractivity (Wildman–Crippen MR) is 137 cm³/mol. The molecule has 0 radical (unpaired) electrons. The van der Waals surface area contributed by atoms with Gasteiger partial charge in [0.1, 0.15) is 11.6 Å². The normalized spacial score (nSPS) is 19.7. The molecule has 188 valence electrons. The Hall–Kier alpha value is -3.94. The highest BCUT2D eigenvalue weighted by Gasteiger charge is 2.53. The second-order valence-electron chi connectivity index (χ2n) is 8.49. The molecule has 1 saturated heterocycles. The molecule has 2 aromatic carbocycles. The molecule has 1 aromatic heterocycles. The van der Waals surface area contributed by atoms with Crippen molar-refractivity contribution in [2.24, 2.45) is 5.16 Å². The fraction of sp³-hybridized carbons (Fsp3) is 0.321. The van der Waals surface area contributed by atoms with Crippen molar-refractivity contribution in [2.45, 2.75) is 46.3 Å². The van der Waals surface area contributed by atoms with Crippen LogP contribution in [0.1, 0.15) is 50.4 Å². The first kappa shape index (κ1) is 25.2. The molecule has 1 unspecified atom stereocenters. The van der Waals surface area contributed by atoms with Crippen LogP contribution in [-0.4, -0.2) is 39.7 Å². The standard InChI is InChI=1S/C26H25FN4O3.C2H6/c1-17-15-30(16-28-17)23-11-6-19(14-24(23)33-3)13-20-5-4-12-31-25(20)29-34-26(31,18(2)32)21-7-9-22(27)10-8-21;1-2/h6-11,13-16H,4-5,12H2,1-3H3;1-2H3/b20-13+;. The number of carbonyl (C=O) groups excluding carboxylic acids is 1. The number of hydrogen-bond donors (Lipinski definition) is 0. The summed E-state index contributed by atoms with van der Waals surface area (Å²) in [5.74, 6) is 0.761. The minimum absolute atomic E-state index is 0.208. The molecule has 1 fully saturated rings. The summed E-state index contributed by atoms with van der Waals surface area (Å²) in [6.07, 6.45) is 7.36. The zero-order valence-corrected chi connectivity index (χ0v) is 21.3. The summed E-state index contributed by atoms with van der Waals surface area (Å²) in [5, 5.41) is 4.34. The van der Waals surface area contributed by atoms with E-state index in [1.807, 2.05) is 60.7 Å². The van der Waals surface area contributed by atoms with Crippen molar-refractivity contribution < 1.29 is 18.8 Å². The number of imidazole rings is 1. The summed E-state index contributed by atoms with van der Waals surface area (Å²) in [4.78, 5) is 24.9. The molecular formula is C28H31FN4O3. The van der Waals surface area contributed by atoms with E-state index in [1.165, 1.54) is 19.1 Å². The van der Waals surface area contributed by atoms with Gasteiger partial charge in [-0.05, 0) is 73.4 Å². The van der Waals surface area contributed by atoms with Gasteiger partial charge >= 0.3 is 0 Å². The molecule has 3 heterocycles. The van der Waals surface area contributed by atoms with E-state index in [2.05, 4.69) is 10.1 Å². The van der Waals surface area contributed by atoms with Crippen LogP contribution in [0.25, 0.3) is 11.8 Å². The number of methoxy groups -OCH3 is 1. The lowest BCUT2D eigenvalue weighted by atomic mass is 9.92. The third-order valence-electron chi connectivity index (χ3n) is 6.26. The van der Waals surface area contributed by atoms with Gasteiger partial charge in [0.25, 0.3) is 5.72 Å². The summed E-state index contributed by atoms with van der Waals surface area (Å²) >= 11 is 0. The molecular weight excluding hydrogens is 459 g/mol. The number of ether oxygens (including phenoxy) is 1. The number of aryl methyl sites for hydroxylation is 1. The number of hydrogen-bond acceptors (Lipinski definition) is 6. The van der Waals surface area contributed by atoms with Gasteiger partial charge in [0, 0.05) is 25.2 Å².